The predicted molar refractivity (Wildman–Crippen MR) is 42.8 cm³/mol. The second-order valence-corrected chi connectivity index (χ2v) is 4.89. The van der Waals surface area contributed by atoms with Crippen molar-refractivity contribution in [2.45, 2.75) is 13.0 Å². The lowest BCUT2D eigenvalue weighted by molar-refractivity contribution is 0.125. The molecule has 1 N–H and O–H groups in total. The average molecular weight is 174 g/mol. The van der Waals surface area contributed by atoms with Crippen LogP contribution in [0.15, 0.2) is 17.6 Å². The van der Waals surface area contributed by atoms with Crippen LogP contribution in [0.1, 0.15) is 6.92 Å². The van der Waals surface area contributed by atoms with Crippen molar-refractivity contribution in [2.24, 2.45) is 0 Å². The Hall–Kier alpha value is -0.330. The van der Waals surface area contributed by atoms with Crippen LogP contribution in [-0.4, -0.2) is 24.0 Å². The van der Waals surface area contributed by atoms with Gasteiger partial charge in [-0.05, 0) is 13.0 Å². The highest BCUT2D eigenvalue weighted by molar-refractivity contribution is 7.62. The van der Waals surface area contributed by atoms with Gasteiger partial charge in [0.25, 0.3) is 0 Å². The van der Waals surface area contributed by atoms with E-state index in [1.807, 2.05) is 0 Å². The first-order valence-electron chi connectivity index (χ1n) is 3.46. The Kier molecular flexibility index (Phi) is 2.69. The van der Waals surface area contributed by atoms with E-state index in [2.05, 4.69) is 5.73 Å². The van der Waals surface area contributed by atoms with Crippen LogP contribution in [-0.2, 0) is 9.09 Å². The Morgan fingerprint density at radius 2 is 2.64 bits per heavy atom. The van der Waals surface area contributed by atoms with E-state index in [1.165, 1.54) is 5.82 Å². The molecular weight excluding hydrogens is 163 g/mol. The van der Waals surface area contributed by atoms with E-state index in [1.54, 1.807) is 13.0 Å². The lowest BCUT2D eigenvalue weighted by atomic mass is 10.5. The highest BCUT2D eigenvalue weighted by Crippen LogP contribution is 2.50. The second-order valence-electron chi connectivity index (χ2n) is 2.55. The largest absolute Gasteiger partial charge is 0.391 e. The molecule has 2 atom stereocenters. The fourth-order valence-electron chi connectivity index (χ4n) is 0.723. The summed E-state index contributed by atoms with van der Waals surface area (Å²) in [4.78, 5) is 0. The summed E-state index contributed by atoms with van der Waals surface area (Å²) in [6.45, 7) is 1.72. The molecule has 1 aliphatic heterocycles. The highest BCUT2D eigenvalue weighted by Gasteiger charge is 2.20. The Morgan fingerprint density at radius 1 is 1.91 bits per heavy atom. The summed E-state index contributed by atoms with van der Waals surface area (Å²) in [6, 6.07) is 0. The monoisotopic (exact) mass is 174 g/mol. The summed E-state index contributed by atoms with van der Waals surface area (Å²) in [5, 5.41) is 8.84. The zero-order chi connectivity index (χ0) is 8.32. The van der Waals surface area contributed by atoms with Crippen molar-refractivity contribution >= 4 is 7.37 Å². The third kappa shape index (κ3) is 2.64. The zero-order valence-electron chi connectivity index (χ0n) is 6.36. The van der Waals surface area contributed by atoms with E-state index in [9.17, 15) is 4.57 Å². The maximum Gasteiger partial charge on any atom is 0.236 e. The standard InChI is InChI=1S/C7H11O3P/c1-7(8)6-10-11(9)4-2-3-5-11/h2,5,7-8H,4,6H2,1H3. The van der Waals surface area contributed by atoms with E-state index < -0.39 is 13.5 Å². The normalized spacial score (nSPS) is 31.1. The molecule has 1 heterocycles. The summed E-state index contributed by atoms with van der Waals surface area (Å²) in [5.74, 6) is 1.45. The minimum Gasteiger partial charge on any atom is -0.391 e. The summed E-state index contributed by atoms with van der Waals surface area (Å²) < 4.78 is 16.4. The maximum atomic E-state index is 11.4. The maximum absolute atomic E-state index is 11.4. The molecule has 0 radical (unpaired) electrons. The Labute approximate surface area is 65.8 Å². The van der Waals surface area contributed by atoms with E-state index in [0.29, 0.717) is 6.16 Å². The topological polar surface area (TPSA) is 46.5 Å². The minimum atomic E-state index is -2.58. The van der Waals surface area contributed by atoms with Crippen LogP contribution < -0.4 is 0 Å². The summed E-state index contributed by atoms with van der Waals surface area (Å²) >= 11 is 0. The molecule has 0 aromatic heterocycles. The summed E-state index contributed by atoms with van der Waals surface area (Å²) in [6.07, 6.45) is 1.54. The van der Waals surface area contributed by atoms with Crippen LogP contribution in [0.4, 0.5) is 0 Å². The van der Waals surface area contributed by atoms with E-state index >= 15 is 0 Å². The molecule has 0 bridgehead atoms. The van der Waals surface area contributed by atoms with Gasteiger partial charge in [-0.2, -0.15) is 0 Å². The van der Waals surface area contributed by atoms with Gasteiger partial charge in [0.2, 0.25) is 7.37 Å². The first-order valence-corrected chi connectivity index (χ1v) is 5.34. The molecule has 11 heavy (non-hydrogen) atoms. The number of rotatable bonds is 3. The van der Waals surface area contributed by atoms with Crippen molar-refractivity contribution < 1.29 is 14.2 Å². The number of aliphatic hydroxyl groups excluding tert-OH is 1. The van der Waals surface area contributed by atoms with Crippen molar-refractivity contribution in [3.8, 4) is 0 Å². The van der Waals surface area contributed by atoms with Gasteiger partial charge in [-0.15, -0.1) is 5.73 Å². The average Bonchev–Trinajstić information content (AvgIpc) is 2.33. The Bertz CT molecular complexity index is 238. The third-order valence-corrected chi connectivity index (χ3v) is 3.09. The van der Waals surface area contributed by atoms with Crippen LogP contribution in [0.25, 0.3) is 0 Å². The first-order chi connectivity index (χ1) is 5.12. The molecule has 0 amide bonds. The van der Waals surface area contributed by atoms with Gasteiger partial charge in [-0.3, -0.25) is 4.57 Å². The van der Waals surface area contributed by atoms with Crippen LogP contribution >= 0.6 is 7.37 Å². The van der Waals surface area contributed by atoms with Crippen LogP contribution in [0.3, 0.4) is 0 Å². The van der Waals surface area contributed by atoms with Crippen molar-refractivity contribution in [1.82, 2.24) is 0 Å². The molecule has 62 valence electrons. The summed E-state index contributed by atoms with van der Waals surface area (Å²) in [7, 11) is -2.58. The van der Waals surface area contributed by atoms with Crippen LogP contribution in [0.2, 0.25) is 0 Å². The molecule has 0 saturated heterocycles. The molecule has 1 aliphatic rings. The van der Waals surface area contributed by atoms with Crippen LogP contribution in [0, 0.1) is 0 Å². The fraction of sp³-hybridized carbons (Fsp3) is 0.571. The molecule has 0 aromatic carbocycles. The second kappa shape index (κ2) is 3.38. The minimum absolute atomic E-state index is 0.128. The van der Waals surface area contributed by atoms with E-state index in [-0.39, 0.29) is 6.61 Å². The quantitative estimate of drug-likeness (QED) is 0.518. The number of hydrogen-bond donors (Lipinski definition) is 1. The van der Waals surface area contributed by atoms with E-state index in [4.69, 9.17) is 9.63 Å². The first kappa shape index (κ1) is 8.76. The number of hydrogen-bond acceptors (Lipinski definition) is 3. The van der Waals surface area contributed by atoms with Crippen molar-refractivity contribution in [3.05, 3.63) is 17.6 Å². The van der Waals surface area contributed by atoms with Crippen molar-refractivity contribution in [3.63, 3.8) is 0 Å². The smallest absolute Gasteiger partial charge is 0.236 e. The number of aliphatic hydroxyl groups is 1. The van der Waals surface area contributed by atoms with Gasteiger partial charge in [-0.1, -0.05) is 0 Å². The van der Waals surface area contributed by atoms with E-state index in [0.717, 1.165) is 0 Å². The lowest BCUT2D eigenvalue weighted by Crippen LogP contribution is -2.08. The predicted octanol–water partition coefficient (Wildman–Crippen LogP) is 1.34. The molecule has 4 heteroatoms. The number of allylic oxidation sites excluding steroid dienone is 1. The van der Waals surface area contributed by atoms with Gasteiger partial charge in [0, 0.05) is 5.82 Å². The van der Waals surface area contributed by atoms with Gasteiger partial charge < -0.3 is 9.63 Å². The third-order valence-electron chi connectivity index (χ3n) is 1.27. The SMILES string of the molecule is CC(O)COP1(=O)C=C=CC1. The molecule has 0 spiro atoms. The van der Waals surface area contributed by atoms with Gasteiger partial charge in [0.15, 0.2) is 0 Å². The molecule has 1 rings (SSSR count). The Morgan fingerprint density at radius 3 is 3.09 bits per heavy atom. The fourth-order valence-corrected chi connectivity index (χ4v) is 2.17. The Balaban J connectivity index is 2.38. The van der Waals surface area contributed by atoms with Gasteiger partial charge >= 0.3 is 0 Å². The molecular formula is C7H11O3P. The molecule has 2 unspecified atom stereocenters. The van der Waals surface area contributed by atoms with Gasteiger partial charge in [0.05, 0.1) is 18.9 Å². The van der Waals surface area contributed by atoms with Crippen molar-refractivity contribution in [1.29, 1.82) is 0 Å². The molecule has 0 aliphatic carbocycles. The zero-order valence-corrected chi connectivity index (χ0v) is 7.25. The molecule has 0 fully saturated rings. The molecule has 0 saturated carbocycles. The summed E-state index contributed by atoms with van der Waals surface area (Å²) in [5.41, 5.74) is 2.72. The molecule has 3 nitrogen and oxygen atoms in total. The van der Waals surface area contributed by atoms with Crippen molar-refractivity contribution in [2.75, 3.05) is 12.8 Å². The molecule has 0 aromatic rings. The van der Waals surface area contributed by atoms with Crippen LogP contribution in [0.5, 0.6) is 0 Å². The highest BCUT2D eigenvalue weighted by atomic mass is 31.2. The van der Waals surface area contributed by atoms with Gasteiger partial charge in [-0.25, -0.2) is 0 Å². The lowest BCUT2D eigenvalue weighted by Gasteiger charge is -2.10. The van der Waals surface area contributed by atoms with Gasteiger partial charge in [0.1, 0.15) is 0 Å².